The third-order valence-electron chi connectivity index (χ3n) is 3.06. The highest BCUT2D eigenvalue weighted by atomic mass is 19.3. The second-order valence-electron chi connectivity index (χ2n) is 4.65. The van der Waals surface area contributed by atoms with Crippen LogP contribution in [0.2, 0.25) is 0 Å². The van der Waals surface area contributed by atoms with Crippen LogP contribution >= 0.6 is 0 Å². The third-order valence-corrected chi connectivity index (χ3v) is 3.06. The molecule has 0 spiro atoms. The molecular formula is C14H13F2N3O3. The van der Waals surface area contributed by atoms with Crippen molar-refractivity contribution in [3.8, 4) is 11.6 Å². The van der Waals surface area contributed by atoms with Gasteiger partial charge in [0.25, 0.3) is 5.91 Å². The molecule has 0 aliphatic carbocycles. The Bertz CT molecular complexity index is 664. The molecule has 8 heteroatoms. The smallest absolute Gasteiger partial charge is 0.387 e. The lowest BCUT2D eigenvalue weighted by atomic mass is 10.3. The zero-order valence-corrected chi connectivity index (χ0v) is 11.5. The van der Waals surface area contributed by atoms with Crippen LogP contribution < -0.4 is 14.8 Å². The zero-order chi connectivity index (χ0) is 15.5. The molecule has 2 heterocycles. The van der Waals surface area contributed by atoms with Gasteiger partial charge in [-0.25, -0.2) is 4.68 Å². The number of benzene rings is 1. The lowest BCUT2D eigenvalue weighted by Gasteiger charge is -2.13. The predicted octanol–water partition coefficient (Wildman–Crippen LogP) is 2.52. The second-order valence-corrected chi connectivity index (χ2v) is 4.65. The van der Waals surface area contributed by atoms with Gasteiger partial charge in [-0.15, -0.1) is 0 Å². The number of halogens is 2. The van der Waals surface area contributed by atoms with Crippen molar-refractivity contribution >= 4 is 11.6 Å². The van der Waals surface area contributed by atoms with E-state index in [1.54, 1.807) is 16.8 Å². The second kappa shape index (κ2) is 6.00. The van der Waals surface area contributed by atoms with Gasteiger partial charge in [0.15, 0.2) is 5.69 Å². The maximum Gasteiger partial charge on any atom is 0.387 e. The lowest BCUT2D eigenvalue weighted by molar-refractivity contribution is -0.0497. The van der Waals surface area contributed by atoms with Gasteiger partial charge in [0.2, 0.25) is 5.88 Å². The van der Waals surface area contributed by atoms with Gasteiger partial charge in [0, 0.05) is 30.8 Å². The molecule has 0 bridgehead atoms. The molecule has 0 fully saturated rings. The van der Waals surface area contributed by atoms with Gasteiger partial charge in [0.1, 0.15) is 5.75 Å². The van der Waals surface area contributed by atoms with Crippen LogP contribution in [-0.2, 0) is 6.54 Å². The fourth-order valence-electron chi connectivity index (χ4n) is 2.12. The highest BCUT2D eigenvalue weighted by Crippen LogP contribution is 2.22. The van der Waals surface area contributed by atoms with Gasteiger partial charge in [-0.05, 0) is 12.1 Å². The van der Waals surface area contributed by atoms with Crippen molar-refractivity contribution in [2.24, 2.45) is 0 Å². The minimum atomic E-state index is -2.91. The number of nitrogens with zero attached hydrogens (tertiary/aromatic N) is 2. The number of nitrogens with one attached hydrogen (secondary N) is 1. The molecule has 0 radical (unpaired) electrons. The molecule has 1 aliphatic rings. The number of amides is 1. The van der Waals surface area contributed by atoms with Crippen molar-refractivity contribution in [3.05, 3.63) is 36.0 Å². The number of hydrogen-bond donors (Lipinski definition) is 1. The summed E-state index contributed by atoms with van der Waals surface area (Å²) in [5.74, 6) is 0.0751. The third kappa shape index (κ3) is 3.16. The average Bonchev–Trinajstić information content (AvgIpc) is 2.91. The predicted molar refractivity (Wildman–Crippen MR) is 73.4 cm³/mol. The fraction of sp³-hybridized carbons (Fsp3) is 0.286. The van der Waals surface area contributed by atoms with Crippen molar-refractivity contribution in [1.29, 1.82) is 0 Å². The molecule has 1 aromatic heterocycles. The van der Waals surface area contributed by atoms with Crippen LogP contribution in [0.4, 0.5) is 14.5 Å². The number of hydrogen-bond acceptors (Lipinski definition) is 4. The summed E-state index contributed by atoms with van der Waals surface area (Å²) in [6, 6.07) is 7.33. The Balaban J connectivity index is 1.72. The van der Waals surface area contributed by atoms with E-state index in [0.29, 0.717) is 24.7 Å². The molecule has 0 saturated carbocycles. The van der Waals surface area contributed by atoms with Crippen LogP contribution in [0.1, 0.15) is 16.9 Å². The first-order valence-corrected chi connectivity index (χ1v) is 6.69. The molecular weight excluding hydrogens is 296 g/mol. The van der Waals surface area contributed by atoms with E-state index in [1.165, 1.54) is 18.2 Å². The topological polar surface area (TPSA) is 65.4 Å². The number of aromatic nitrogens is 2. The molecule has 1 N–H and O–H groups in total. The minimum absolute atomic E-state index is 0.0275. The van der Waals surface area contributed by atoms with E-state index in [2.05, 4.69) is 15.2 Å². The lowest BCUT2D eigenvalue weighted by Crippen LogP contribution is -2.16. The largest absolute Gasteiger partial charge is 0.478 e. The summed E-state index contributed by atoms with van der Waals surface area (Å²) >= 11 is 0. The minimum Gasteiger partial charge on any atom is -0.478 e. The summed E-state index contributed by atoms with van der Waals surface area (Å²) in [7, 11) is 0. The van der Waals surface area contributed by atoms with Gasteiger partial charge in [0.05, 0.1) is 6.61 Å². The normalized spacial score (nSPS) is 13.4. The first kappa shape index (κ1) is 14.3. The van der Waals surface area contributed by atoms with E-state index in [4.69, 9.17) is 4.74 Å². The van der Waals surface area contributed by atoms with Gasteiger partial charge in [-0.3, -0.25) is 4.79 Å². The molecule has 22 heavy (non-hydrogen) atoms. The SMILES string of the molecule is O=C(Nc1cccc(OC(F)F)c1)c1cc2n(n1)CCCO2. The molecule has 0 unspecified atom stereocenters. The summed E-state index contributed by atoms with van der Waals surface area (Å²) in [4.78, 5) is 12.1. The van der Waals surface area contributed by atoms with E-state index in [9.17, 15) is 13.6 Å². The quantitative estimate of drug-likeness (QED) is 0.942. The number of rotatable bonds is 4. The number of fused-ring (bicyclic) bond motifs is 1. The molecule has 1 aliphatic heterocycles. The van der Waals surface area contributed by atoms with Gasteiger partial charge < -0.3 is 14.8 Å². The number of alkyl halides is 2. The number of aryl methyl sites for hydroxylation is 1. The van der Waals surface area contributed by atoms with Crippen LogP contribution in [0.3, 0.4) is 0 Å². The monoisotopic (exact) mass is 309 g/mol. The maximum atomic E-state index is 12.2. The average molecular weight is 309 g/mol. The summed E-state index contributed by atoms with van der Waals surface area (Å²) in [6.45, 7) is -1.62. The molecule has 116 valence electrons. The Labute approximate surface area is 124 Å². The highest BCUT2D eigenvalue weighted by Gasteiger charge is 2.18. The molecule has 0 saturated heterocycles. The van der Waals surface area contributed by atoms with Crippen LogP contribution in [0.5, 0.6) is 11.6 Å². The number of anilines is 1. The van der Waals surface area contributed by atoms with E-state index in [-0.39, 0.29) is 11.4 Å². The Kier molecular flexibility index (Phi) is 3.90. The molecule has 6 nitrogen and oxygen atoms in total. The van der Waals surface area contributed by atoms with E-state index in [0.717, 1.165) is 6.42 Å². The van der Waals surface area contributed by atoms with E-state index < -0.39 is 12.5 Å². The van der Waals surface area contributed by atoms with Crippen LogP contribution in [0.25, 0.3) is 0 Å². The number of carbonyl (C=O) groups excluding carboxylic acids is 1. The Morgan fingerprint density at radius 3 is 3.05 bits per heavy atom. The van der Waals surface area contributed by atoms with Crippen molar-refractivity contribution in [3.63, 3.8) is 0 Å². The molecule has 2 aromatic rings. The van der Waals surface area contributed by atoms with Crippen molar-refractivity contribution in [2.75, 3.05) is 11.9 Å². The van der Waals surface area contributed by atoms with Crippen molar-refractivity contribution in [1.82, 2.24) is 9.78 Å². The zero-order valence-electron chi connectivity index (χ0n) is 11.5. The summed E-state index contributed by atoms with van der Waals surface area (Å²) in [5.41, 5.74) is 0.548. The van der Waals surface area contributed by atoms with Gasteiger partial charge >= 0.3 is 6.61 Å². The standard InChI is InChI=1S/C14H13F2N3O3/c15-14(16)22-10-4-1-3-9(7-10)17-13(20)11-8-12-19(18-11)5-2-6-21-12/h1,3-4,7-8,14H,2,5-6H2,(H,17,20). The summed E-state index contributed by atoms with van der Waals surface area (Å²) < 4.78 is 35.6. The Morgan fingerprint density at radius 1 is 1.41 bits per heavy atom. The van der Waals surface area contributed by atoms with Gasteiger partial charge in [-0.2, -0.15) is 13.9 Å². The first-order valence-electron chi connectivity index (χ1n) is 6.69. The fourth-order valence-corrected chi connectivity index (χ4v) is 2.12. The van der Waals surface area contributed by atoms with E-state index in [1.807, 2.05) is 0 Å². The maximum absolute atomic E-state index is 12.2. The number of ether oxygens (including phenoxy) is 2. The van der Waals surface area contributed by atoms with Crippen LogP contribution in [0.15, 0.2) is 30.3 Å². The molecule has 1 amide bonds. The van der Waals surface area contributed by atoms with Crippen molar-refractivity contribution < 1.29 is 23.0 Å². The summed E-state index contributed by atoms with van der Waals surface area (Å²) in [5, 5.41) is 6.73. The van der Waals surface area contributed by atoms with Crippen molar-refractivity contribution in [2.45, 2.75) is 19.6 Å². The highest BCUT2D eigenvalue weighted by molar-refractivity contribution is 6.03. The van der Waals surface area contributed by atoms with Gasteiger partial charge in [-0.1, -0.05) is 6.07 Å². The number of carbonyl (C=O) groups is 1. The Hall–Kier alpha value is -2.64. The van der Waals surface area contributed by atoms with E-state index >= 15 is 0 Å². The molecule has 1 aromatic carbocycles. The first-order chi connectivity index (χ1) is 10.6. The summed E-state index contributed by atoms with van der Waals surface area (Å²) in [6.07, 6.45) is 0.836. The molecule has 3 rings (SSSR count). The van der Waals surface area contributed by atoms with Crippen LogP contribution in [0, 0.1) is 0 Å². The Morgan fingerprint density at radius 2 is 2.27 bits per heavy atom. The van der Waals surface area contributed by atoms with Crippen LogP contribution in [-0.4, -0.2) is 28.9 Å². The molecule has 0 atom stereocenters.